The van der Waals surface area contributed by atoms with Crippen molar-refractivity contribution >= 4 is 40.9 Å². The molecule has 1 aliphatic heterocycles. The number of cyclic esters (lactones) is 1. The number of aromatic nitrogens is 4. The predicted molar refractivity (Wildman–Crippen MR) is 110 cm³/mol. The summed E-state index contributed by atoms with van der Waals surface area (Å²) in [4.78, 5) is 34.7. The Morgan fingerprint density at radius 1 is 1.29 bits per heavy atom. The number of nitrogens with one attached hydrogen (secondary N) is 3. The summed E-state index contributed by atoms with van der Waals surface area (Å²) in [6.07, 6.45) is 0.271. The molecule has 3 N–H and O–H groups in total. The smallest absolute Gasteiger partial charge is 0.415 e. The van der Waals surface area contributed by atoms with E-state index in [-0.39, 0.29) is 5.56 Å². The third-order valence-corrected chi connectivity index (χ3v) is 5.03. The fourth-order valence-corrected chi connectivity index (χ4v) is 3.30. The van der Waals surface area contributed by atoms with Crippen molar-refractivity contribution in [2.24, 2.45) is 0 Å². The highest BCUT2D eigenvalue weighted by molar-refractivity contribution is 6.00. The number of nitrogens with zero attached hydrogens (tertiary/aromatic N) is 5. The Bertz CT molecular complexity index is 1180. The number of fused-ring (bicyclic) bond motifs is 1. The maximum absolute atomic E-state index is 13.2. The molecule has 0 unspecified atom stereocenters. The number of pyridine rings is 1. The molecule has 31 heavy (non-hydrogen) atoms. The number of alkyl halides is 1. The lowest BCUT2D eigenvalue weighted by Gasteiger charge is -2.14. The molecule has 0 aromatic carbocycles. The molecule has 1 saturated heterocycles. The van der Waals surface area contributed by atoms with E-state index in [2.05, 4.69) is 31.0 Å². The van der Waals surface area contributed by atoms with E-state index in [1.165, 1.54) is 15.6 Å². The molecule has 2 amide bonds. The van der Waals surface area contributed by atoms with Crippen LogP contribution >= 0.6 is 0 Å². The summed E-state index contributed by atoms with van der Waals surface area (Å²) in [7, 11) is 1.72. The van der Waals surface area contributed by atoms with E-state index in [1.54, 1.807) is 31.3 Å². The van der Waals surface area contributed by atoms with Gasteiger partial charge >= 0.3 is 6.09 Å². The topological polar surface area (TPSA) is 126 Å². The van der Waals surface area contributed by atoms with Crippen LogP contribution in [0.25, 0.3) is 5.65 Å². The summed E-state index contributed by atoms with van der Waals surface area (Å²) in [6, 6.07) is 6.45. The van der Waals surface area contributed by atoms with Gasteiger partial charge in [-0.1, -0.05) is 6.07 Å². The third-order valence-electron chi connectivity index (χ3n) is 5.03. The number of carbonyl (C=O) groups excluding carboxylic acids is 2. The van der Waals surface area contributed by atoms with E-state index in [1.807, 2.05) is 0 Å². The van der Waals surface area contributed by atoms with Crippen molar-refractivity contribution in [1.82, 2.24) is 24.9 Å². The molecule has 0 radical (unpaired) electrons. The summed E-state index contributed by atoms with van der Waals surface area (Å²) in [5, 5.41) is 13.0. The molecule has 0 spiro atoms. The van der Waals surface area contributed by atoms with E-state index < -0.39 is 24.2 Å². The van der Waals surface area contributed by atoms with Crippen molar-refractivity contribution in [2.75, 3.05) is 35.7 Å². The van der Waals surface area contributed by atoms with E-state index in [0.29, 0.717) is 48.5 Å². The Morgan fingerprint density at radius 2 is 2.13 bits per heavy atom. The highest BCUT2D eigenvalue weighted by atomic mass is 19.1. The average molecular weight is 426 g/mol. The monoisotopic (exact) mass is 426 g/mol. The molecule has 5 rings (SSSR count). The first-order chi connectivity index (χ1) is 15.0. The van der Waals surface area contributed by atoms with E-state index in [4.69, 9.17) is 4.74 Å². The van der Waals surface area contributed by atoms with Crippen molar-refractivity contribution in [3.8, 4) is 0 Å². The maximum Gasteiger partial charge on any atom is 0.415 e. The van der Waals surface area contributed by atoms with Crippen molar-refractivity contribution in [1.29, 1.82) is 0 Å². The first kappa shape index (κ1) is 19.0. The molecule has 3 aromatic heterocycles. The second-order valence-electron chi connectivity index (χ2n) is 7.17. The quantitative estimate of drug-likeness (QED) is 0.544. The molecule has 1 saturated carbocycles. The van der Waals surface area contributed by atoms with Crippen LogP contribution in [0.5, 0.6) is 0 Å². The Morgan fingerprint density at radius 3 is 2.84 bits per heavy atom. The number of ether oxygens (including phenoxy) is 1. The van der Waals surface area contributed by atoms with Gasteiger partial charge in [0, 0.05) is 19.5 Å². The molecular weight excluding hydrogens is 407 g/mol. The number of anilines is 4. The number of hydrogen-bond donors (Lipinski definition) is 3. The van der Waals surface area contributed by atoms with Gasteiger partial charge in [-0.3, -0.25) is 9.69 Å². The van der Waals surface area contributed by atoms with Gasteiger partial charge in [-0.25, -0.2) is 19.2 Å². The second kappa shape index (κ2) is 7.38. The fourth-order valence-electron chi connectivity index (χ4n) is 3.30. The predicted octanol–water partition coefficient (Wildman–Crippen LogP) is 1.71. The molecule has 2 fully saturated rings. The molecule has 3 aromatic rings. The Balaban J connectivity index is 1.45. The first-order valence-electron chi connectivity index (χ1n) is 9.73. The van der Waals surface area contributed by atoms with E-state index >= 15 is 0 Å². The minimum Gasteiger partial charge on any atom is -0.447 e. The lowest BCUT2D eigenvalue weighted by atomic mass is 10.3. The molecule has 12 heteroatoms. The standard InChI is InChI=1S/C19H19FN8O3/c1-21-16-8-14(24-13-3-2-4-15(25-13)27-5-6-31-19(27)30)26-17-10(9-22-28(16)17)18(29)23-12-7-11(12)20/h2-4,8-9,11-12,21H,5-7H2,1H3,(H,23,29)(H,24,25,26)/t11-,12+/m1/s1. The van der Waals surface area contributed by atoms with E-state index in [0.717, 1.165) is 0 Å². The van der Waals surface area contributed by atoms with Gasteiger partial charge in [0.25, 0.3) is 5.91 Å². The fraction of sp³-hybridized carbons (Fsp3) is 0.316. The van der Waals surface area contributed by atoms with Gasteiger partial charge in [-0.05, 0) is 12.1 Å². The molecule has 4 heterocycles. The minimum atomic E-state index is -1.00. The molecular formula is C19H19FN8O3. The van der Waals surface area contributed by atoms with Gasteiger partial charge < -0.3 is 20.7 Å². The average Bonchev–Trinajstić information content (AvgIpc) is 3.13. The number of hydrogen-bond acceptors (Lipinski definition) is 8. The van der Waals surface area contributed by atoms with Crippen molar-refractivity contribution in [3.63, 3.8) is 0 Å². The normalized spacial score (nSPS) is 19.9. The van der Waals surface area contributed by atoms with Gasteiger partial charge in [0.2, 0.25) is 0 Å². The highest BCUT2D eigenvalue weighted by Gasteiger charge is 2.39. The summed E-state index contributed by atoms with van der Waals surface area (Å²) >= 11 is 0. The van der Waals surface area contributed by atoms with Gasteiger partial charge in [-0.2, -0.15) is 9.61 Å². The summed E-state index contributed by atoms with van der Waals surface area (Å²) in [5.41, 5.74) is 0.544. The third kappa shape index (κ3) is 3.56. The largest absolute Gasteiger partial charge is 0.447 e. The molecule has 2 atom stereocenters. The van der Waals surface area contributed by atoms with Crippen LogP contribution in [0.2, 0.25) is 0 Å². The minimum absolute atomic E-state index is 0.237. The summed E-state index contributed by atoms with van der Waals surface area (Å²) < 4.78 is 19.6. The van der Waals surface area contributed by atoms with Crippen molar-refractivity contribution in [3.05, 3.63) is 36.0 Å². The molecule has 160 valence electrons. The Kier molecular flexibility index (Phi) is 4.53. The summed E-state index contributed by atoms with van der Waals surface area (Å²) in [5.74, 6) is 1.48. The number of amides is 2. The van der Waals surface area contributed by atoms with Crippen LogP contribution in [0.15, 0.2) is 30.5 Å². The summed E-state index contributed by atoms with van der Waals surface area (Å²) in [6.45, 7) is 0.746. The molecule has 11 nitrogen and oxygen atoms in total. The second-order valence-corrected chi connectivity index (χ2v) is 7.17. The zero-order valence-corrected chi connectivity index (χ0v) is 16.5. The Hall–Kier alpha value is -3.96. The molecule has 1 aliphatic carbocycles. The first-order valence-corrected chi connectivity index (χ1v) is 9.73. The Labute approximate surface area is 175 Å². The highest BCUT2D eigenvalue weighted by Crippen LogP contribution is 2.27. The molecule has 0 bridgehead atoms. The number of carbonyl (C=O) groups is 2. The maximum atomic E-state index is 13.2. The van der Waals surface area contributed by atoms with Crippen LogP contribution < -0.4 is 20.9 Å². The SMILES string of the molecule is CNc1cc(Nc2cccc(N3CCOC3=O)n2)nc2c(C(=O)N[C@H]3C[C@H]3F)cnn12. The van der Waals surface area contributed by atoms with Crippen LogP contribution in [0.4, 0.5) is 32.5 Å². The van der Waals surface area contributed by atoms with Gasteiger partial charge in [-0.15, -0.1) is 0 Å². The van der Waals surface area contributed by atoms with Crippen molar-refractivity contribution in [2.45, 2.75) is 18.6 Å². The molecule has 2 aliphatic rings. The van der Waals surface area contributed by atoms with E-state index in [9.17, 15) is 14.0 Å². The number of rotatable bonds is 6. The number of halogens is 1. The van der Waals surface area contributed by atoms with Crippen LogP contribution in [0.1, 0.15) is 16.8 Å². The van der Waals surface area contributed by atoms with Crippen LogP contribution in [0, 0.1) is 0 Å². The zero-order valence-electron chi connectivity index (χ0n) is 16.5. The van der Waals surface area contributed by atoms with Gasteiger partial charge in [0.1, 0.15) is 41.6 Å². The van der Waals surface area contributed by atoms with Crippen LogP contribution in [-0.4, -0.2) is 64.0 Å². The lowest BCUT2D eigenvalue weighted by Crippen LogP contribution is -2.27. The lowest BCUT2D eigenvalue weighted by molar-refractivity contribution is 0.0949. The zero-order chi connectivity index (χ0) is 21.5. The van der Waals surface area contributed by atoms with Gasteiger partial charge in [0.15, 0.2) is 5.65 Å². The van der Waals surface area contributed by atoms with Crippen molar-refractivity contribution < 1.29 is 18.7 Å². The van der Waals surface area contributed by atoms with Gasteiger partial charge in [0.05, 0.1) is 18.8 Å². The van der Waals surface area contributed by atoms with Crippen LogP contribution in [0.3, 0.4) is 0 Å². The van der Waals surface area contributed by atoms with Crippen LogP contribution in [-0.2, 0) is 4.74 Å².